The zero-order valence-corrected chi connectivity index (χ0v) is 14.2. The van der Waals surface area contributed by atoms with Crippen molar-refractivity contribution in [1.29, 1.82) is 0 Å². The Balaban J connectivity index is 1.78. The van der Waals surface area contributed by atoms with Gasteiger partial charge in [-0.2, -0.15) is 0 Å². The van der Waals surface area contributed by atoms with E-state index >= 15 is 0 Å². The molecule has 21 heavy (non-hydrogen) atoms. The molecule has 3 aliphatic carbocycles. The molecule has 0 unspecified atom stereocenters. The summed E-state index contributed by atoms with van der Waals surface area (Å²) in [6.45, 7) is 0. The molecule has 3 saturated carbocycles. The predicted octanol–water partition coefficient (Wildman–Crippen LogP) is 5.26. The minimum atomic E-state index is -0.559. The van der Waals surface area contributed by atoms with Gasteiger partial charge in [0, 0.05) is 4.47 Å². The molecule has 0 radical (unpaired) electrons. The predicted molar refractivity (Wildman–Crippen MR) is 88.9 cm³/mol. The van der Waals surface area contributed by atoms with E-state index in [2.05, 4.69) is 40.2 Å². The van der Waals surface area contributed by atoms with E-state index in [1.165, 1.54) is 56.9 Å². The largest absolute Gasteiger partial charge is 0.385 e. The quantitative estimate of drug-likeness (QED) is 0.733. The van der Waals surface area contributed by atoms with Gasteiger partial charge in [-0.15, -0.1) is 0 Å². The number of halogens is 1. The van der Waals surface area contributed by atoms with Crippen LogP contribution in [0.1, 0.15) is 56.9 Å². The first-order valence-electron chi connectivity index (χ1n) is 8.69. The van der Waals surface area contributed by atoms with Crippen LogP contribution in [-0.2, 0) is 5.60 Å². The molecular weight excluding hydrogens is 324 g/mol. The Morgan fingerprint density at radius 1 is 0.810 bits per heavy atom. The van der Waals surface area contributed by atoms with Gasteiger partial charge in [0.1, 0.15) is 0 Å². The molecular formula is C19H25BrO. The molecule has 1 N–H and O–H groups in total. The van der Waals surface area contributed by atoms with Crippen LogP contribution in [-0.4, -0.2) is 5.11 Å². The van der Waals surface area contributed by atoms with Crippen molar-refractivity contribution < 1.29 is 5.11 Å². The average molecular weight is 349 g/mol. The van der Waals surface area contributed by atoms with Crippen LogP contribution in [0.2, 0.25) is 0 Å². The zero-order chi connectivity index (χ0) is 14.4. The Morgan fingerprint density at radius 2 is 1.29 bits per heavy atom. The third-order valence-electron chi connectivity index (χ3n) is 6.63. The fraction of sp³-hybridized carbons (Fsp3) is 0.684. The maximum absolute atomic E-state index is 11.8. The van der Waals surface area contributed by atoms with Crippen molar-refractivity contribution in [2.45, 2.75) is 57.0 Å². The van der Waals surface area contributed by atoms with Gasteiger partial charge >= 0.3 is 0 Å². The number of fused-ring (bicyclic) bond motifs is 3. The molecule has 1 nitrogen and oxygen atoms in total. The maximum atomic E-state index is 11.8. The Bertz CT molecular complexity index is 487. The smallest absolute Gasteiger partial charge is 0.0958 e. The van der Waals surface area contributed by atoms with Gasteiger partial charge in [0.25, 0.3) is 0 Å². The van der Waals surface area contributed by atoms with Gasteiger partial charge in [0.2, 0.25) is 0 Å². The molecule has 4 rings (SSSR count). The van der Waals surface area contributed by atoms with Crippen LogP contribution >= 0.6 is 15.9 Å². The van der Waals surface area contributed by atoms with Gasteiger partial charge in [0.05, 0.1) is 5.60 Å². The van der Waals surface area contributed by atoms with Crippen LogP contribution in [0, 0.1) is 23.7 Å². The second kappa shape index (κ2) is 5.38. The second-order valence-corrected chi connectivity index (χ2v) is 8.36. The van der Waals surface area contributed by atoms with Crippen molar-refractivity contribution in [1.82, 2.24) is 0 Å². The molecule has 0 spiro atoms. The van der Waals surface area contributed by atoms with Crippen molar-refractivity contribution in [3.8, 4) is 0 Å². The first-order chi connectivity index (χ1) is 10.2. The van der Waals surface area contributed by atoms with Crippen LogP contribution < -0.4 is 0 Å². The molecule has 0 amide bonds. The zero-order valence-electron chi connectivity index (χ0n) is 12.6. The van der Waals surface area contributed by atoms with Gasteiger partial charge in [-0.1, -0.05) is 53.7 Å². The summed E-state index contributed by atoms with van der Waals surface area (Å²) in [5.41, 5.74) is 0.619. The highest BCUT2D eigenvalue weighted by molar-refractivity contribution is 9.10. The first kappa shape index (κ1) is 14.3. The molecule has 0 aromatic heterocycles. The number of aliphatic hydroxyl groups is 1. The fourth-order valence-corrected chi connectivity index (χ4v) is 6.12. The maximum Gasteiger partial charge on any atom is 0.0958 e. The lowest BCUT2D eigenvalue weighted by Gasteiger charge is -2.39. The number of hydrogen-bond acceptors (Lipinski definition) is 1. The monoisotopic (exact) mass is 348 g/mol. The Labute approximate surface area is 136 Å². The number of hydrogen-bond donors (Lipinski definition) is 1. The summed E-state index contributed by atoms with van der Waals surface area (Å²) < 4.78 is 1.10. The Kier molecular flexibility index (Phi) is 3.66. The Hall–Kier alpha value is -0.340. The van der Waals surface area contributed by atoms with Crippen LogP contribution in [0.4, 0.5) is 0 Å². The number of benzene rings is 1. The summed E-state index contributed by atoms with van der Waals surface area (Å²) in [6, 6.07) is 8.52. The summed E-state index contributed by atoms with van der Waals surface area (Å²) in [4.78, 5) is 0. The molecule has 0 bridgehead atoms. The SMILES string of the molecule is OC1(c2ccc(Br)cc2)[C@H]2CCCC[C@@H]2[C@H]2CCCC[C@@H]21. The van der Waals surface area contributed by atoms with E-state index in [0.29, 0.717) is 11.8 Å². The fourth-order valence-electron chi connectivity index (χ4n) is 5.86. The molecule has 2 heteroatoms. The van der Waals surface area contributed by atoms with E-state index in [1.807, 2.05) is 0 Å². The summed E-state index contributed by atoms with van der Waals surface area (Å²) >= 11 is 3.53. The molecule has 1 aromatic rings. The molecule has 114 valence electrons. The average Bonchev–Trinajstić information content (AvgIpc) is 2.80. The molecule has 0 heterocycles. The van der Waals surface area contributed by atoms with E-state index in [-0.39, 0.29) is 0 Å². The molecule has 0 aliphatic heterocycles. The van der Waals surface area contributed by atoms with E-state index in [4.69, 9.17) is 0 Å². The van der Waals surface area contributed by atoms with E-state index in [9.17, 15) is 5.11 Å². The van der Waals surface area contributed by atoms with E-state index in [0.717, 1.165) is 16.3 Å². The summed E-state index contributed by atoms with van der Waals surface area (Å²) in [5.74, 6) is 2.55. The minimum absolute atomic E-state index is 0.500. The van der Waals surface area contributed by atoms with Crippen LogP contribution in [0.5, 0.6) is 0 Å². The van der Waals surface area contributed by atoms with Gasteiger partial charge < -0.3 is 5.11 Å². The summed E-state index contributed by atoms with van der Waals surface area (Å²) in [7, 11) is 0. The third-order valence-corrected chi connectivity index (χ3v) is 7.15. The molecule has 0 saturated heterocycles. The van der Waals surface area contributed by atoms with Crippen LogP contribution in [0.3, 0.4) is 0 Å². The highest BCUT2D eigenvalue weighted by Gasteiger charge is 2.60. The standard InChI is InChI=1S/C19H25BrO/c20-14-11-9-13(10-12-14)19(21)17-7-3-1-5-15(17)16-6-2-4-8-18(16)19/h9-12,15-18,21H,1-8H2/t15-,16-,17+,18+/m1/s1. The van der Waals surface area contributed by atoms with Crippen LogP contribution in [0.15, 0.2) is 28.7 Å². The Morgan fingerprint density at radius 3 is 1.81 bits per heavy atom. The normalized spacial score (nSPS) is 37.8. The van der Waals surface area contributed by atoms with Gasteiger partial charge in [-0.05, 0) is 67.1 Å². The van der Waals surface area contributed by atoms with Crippen molar-refractivity contribution in [3.63, 3.8) is 0 Å². The summed E-state index contributed by atoms with van der Waals surface area (Å²) in [5, 5.41) is 11.8. The molecule has 4 atom stereocenters. The second-order valence-electron chi connectivity index (χ2n) is 7.44. The van der Waals surface area contributed by atoms with E-state index < -0.39 is 5.60 Å². The summed E-state index contributed by atoms with van der Waals surface area (Å²) in [6.07, 6.45) is 10.5. The lowest BCUT2D eigenvalue weighted by Crippen LogP contribution is -2.39. The lowest BCUT2D eigenvalue weighted by atomic mass is 9.71. The lowest BCUT2D eigenvalue weighted by molar-refractivity contribution is -0.0650. The molecule has 3 fully saturated rings. The topological polar surface area (TPSA) is 20.2 Å². The molecule has 1 aromatic carbocycles. The van der Waals surface area contributed by atoms with Gasteiger partial charge in [0.15, 0.2) is 0 Å². The number of rotatable bonds is 1. The third kappa shape index (κ3) is 2.13. The van der Waals surface area contributed by atoms with Gasteiger partial charge in [-0.3, -0.25) is 0 Å². The first-order valence-corrected chi connectivity index (χ1v) is 9.49. The van der Waals surface area contributed by atoms with E-state index in [1.54, 1.807) is 0 Å². The highest BCUT2D eigenvalue weighted by Crippen LogP contribution is 2.62. The highest BCUT2D eigenvalue weighted by atomic mass is 79.9. The van der Waals surface area contributed by atoms with Crippen LogP contribution in [0.25, 0.3) is 0 Å². The minimum Gasteiger partial charge on any atom is -0.385 e. The van der Waals surface area contributed by atoms with Gasteiger partial charge in [-0.25, -0.2) is 0 Å². The van der Waals surface area contributed by atoms with Crippen molar-refractivity contribution >= 4 is 15.9 Å². The van der Waals surface area contributed by atoms with Crippen molar-refractivity contribution in [3.05, 3.63) is 34.3 Å². The molecule has 3 aliphatic rings. The van der Waals surface area contributed by atoms with Crippen molar-refractivity contribution in [2.75, 3.05) is 0 Å². The van der Waals surface area contributed by atoms with Crippen molar-refractivity contribution in [2.24, 2.45) is 23.7 Å².